The quantitative estimate of drug-likeness (QED) is 0.504. The van der Waals surface area contributed by atoms with Crippen molar-refractivity contribution in [1.29, 1.82) is 0 Å². The summed E-state index contributed by atoms with van der Waals surface area (Å²) in [4.78, 5) is 0. The van der Waals surface area contributed by atoms with Crippen LogP contribution in [-0.4, -0.2) is 17.4 Å². The van der Waals surface area contributed by atoms with E-state index in [1.54, 1.807) is 0 Å². The van der Waals surface area contributed by atoms with E-state index in [0.717, 1.165) is 12.3 Å². The molecule has 1 nitrogen and oxygen atoms in total. The minimum absolute atomic E-state index is 0.688. The Hall–Kier alpha value is 0.710. The molecule has 0 saturated carbocycles. The first kappa shape index (κ1) is 8.71. The van der Waals surface area contributed by atoms with Crippen LogP contribution in [0, 0.1) is 0 Å². The van der Waals surface area contributed by atoms with Crippen molar-refractivity contribution in [2.45, 2.75) is 13.8 Å². The molecule has 0 unspecified atom stereocenters. The van der Waals surface area contributed by atoms with Crippen molar-refractivity contribution in [2.24, 2.45) is 0 Å². The maximum atomic E-state index is 11.3. The normalized spacial score (nSPS) is 11.9. The Labute approximate surface area is 59.4 Å². The summed E-state index contributed by atoms with van der Waals surface area (Å²) in [5.74, 6) is 0. The van der Waals surface area contributed by atoms with Crippen LogP contribution in [0.4, 0.5) is 0 Å². The summed E-state index contributed by atoms with van der Waals surface area (Å²) in [5, 5.41) is 0.688. The first-order valence-corrected chi connectivity index (χ1v) is 6.20. The fraction of sp³-hybridized carbons (Fsp3) is 1.00. The van der Waals surface area contributed by atoms with E-state index in [0.29, 0.717) is 5.07 Å². The Morgan fingerprint density at radius 3 is 1.75 bits per heavy atom. The molecule has 50 valence electrons. The van der Waals surface area contributed by atoms with E-state index in [1.807, 2.05) is 13.8 Å². The second-order valence-corrected chi connectivity index (χ2v) is 6.93. The van der Waals surface area contributed by atoms with Crippen molar-refractivity contribution in [3.63, 3.8) is 0 Å². The van der Waals surface area contributed by atoms with Gasteiger partial charge in [-0.2, -0.15) is 0 Å². The summed E-state index contributed by atoms with van der Waals surface area (Å²) < 4.78 is 11.3. The zero-order valence-electron chi connectivity index (χ0n) is 5.35. The highest BCUT2D eigenvalue weighted by atomic mass is 79.9. The predicted molar refractivity (Wildman–Crippen MR) is 42.5 cm³/mol. The van der Waals surface area contributed by atoms with Crippen LogP contribution in [0.15, 0.2) is 0 Å². The van der Waals surface area contributed by atoms with Gasteiger partial charge in [0.2, 0.25) is 0 Å². The monoisotopic (exact) mass is 198 g/mol. The molecule has 0 radical (unpaired) electrons. The number of hydrogen-bond donors (Lipinski definition) is 0. The fourth-order valence-corrected chi connectivity index (χ4v) is 3.31. The molecule has 3 heteroatoms. The second-order valence-electron chi connectivity index (χ2n) is 1.81. The lowest BCUT2D eigenvalue weighted by Gasteiger charge is -2.07. The van der Waals surface area contributed by atoms with Crippen molar-refractivity contribution in [1.82, 2.24) is 0 Å². The fourth-order valence-electron chi connectivity index (χ4n) is 0.393. The lowest BCUT2D eigenvalue weighted by molar-refractivity contribution is 0.579. The number of hydrogen-bond acceptors (Lipinski definition) is 1. The summed E-state index contributed by atoms with van der Waals surface area (Å²) in [5.41, 5.74) is 0. The van der Waals surface area contributed by atoms with Crippen molar-refractivity contribution in [3.05, 3.63) is 0 Å². The maximum Gasteiger partial charge on any atom is 0.0972 e. The van der Waals surface area contributed by atoms with Crippen LogP contribution in [-0.2, 0) is 4.57 Å². The van der Waals surface area contributed by atoms with Gasteiger partial charge in [-0.05, 0) is 12.3 Å². The molecule has 0 atom stereocenters. The van der Waals surface area contributed by atoms with Crippen LogP contribution in [0.3, 0.4) is 0 Å². The van der Waals surface area contributed by atoms with Gasteiger partial charge in [-0.15, -0.1) is 0 Å². The highest BCUT2D eigenvalue weighted by Crippen LogP contribution is 2.45. The third kappa shape index (κ3) is 2.32. The Kier molecular flexibility index (Phi) is 4.01. The lowest BCUT2D eigenvalue weighted by Crippen LogP contribution is -1.88. The second kappa shape index (κ2) is 3.68. The molecule has 0 aromatic heterocycles. The van der Waals surface area contributed by atoms with Crippen LogP contribution < -0.4 is 0 Å². The molecule has 0 N–H and O–H groups in total. The van der Waals surface area contributed by atoms with Gasteiger partial charge >= 0.3 is 0 Å². The van der Waals surface area contributed by atoms with Gasteiger partial charge in [-0.1, -0.05) is 29.8 Å². The summed E-state index contributed by atoms with van der Waals surface area (Å²) in [6, 6.07) is 0. The van der Waals surface area contributed by atoms with Crippen molar-refractivity contribution < 1.29 is 4.57 Å². The summed E-state index contributed by atoms with van der Waals surface area (Å²) >= 11 is 3.23. The zero-order valence-corrected chi connectivity index (χ0v) is 7.84. The third-order valence-corrected chi connectivity index (χ3v) is 6.85. The van der Waals surface area contributed by atoms with Gasteiger partial charge in [0.15, 0.2) is 0 Å². The van der Waals surface area contributed by atoms with E-state index in [-0.39, 0.29) is 0 Å². The third-order valence-electron chi connectivity index (χ3n) is 1.37. The largest absolute Gasteiger partial charge is 0.323 e. The highest BCUT2D eigenvalue weighted by molar-refractivity contribution is 9.10. The van der Waals surface area contributed by atoms with Crippen LogP contribution >= 0.6 is 23.1 Å². The minimum atomic E-state index is -1.75. The lowest BCUT2D eigenvalue weighted by atomic mass is 11.0. The Bertz CT molecular complexity index is 83.6. The summed E-state index contributed by atoms with van der Waals surface area (Å²) in [7, 11) is -1.75. The molecule has 0 aromatic carbocycles. The number of rotatable bonds is 3. The molecule has 0 aliphatic heterocycles. The molecule has 0 rings (SSSR count). The van der Waals surface area contributed by atoms with Gasteiger partial charge in [-0.3, -0.25) is 0 Å². The Morgan fingerprint density at radius 2 is 1.75 bits per heavy atom. The topological polar surface area (TPSA) is 17.1 Å². The van der Waals surface area contributed by atoms with Crippen LogP contribution in [0.5, 0.6) is 0 Å². The molecule has 0 saturated heterocycles. The van der Waals surface area contributed by atoms with Crippen LogP contribution in [0.2, 0.25) is 0 Å². The van der Waals surface area contributed by atoms with Gasteiger partial charge in [0.1, 0.15) is 0 Å². The van der Waals surface area contributed by atoms with E-state index in [1.165, 1.54) is 0 Å². The molecule has 0 bridgehead atoms. The van der Waals surface area contributed by atoms with E-state index in [9.17, 15) is 4.57 Å². The molecule has 0 fully saturated rings. The molecule has 0 aliphatic carbocycles. The molecule has 0 heterocycles. The van der Waals surface area contributed by atoms with Crippen molar-refractivity contribution in [3.8, 4) is 0 Å². The van der Waals surface area contributed by atoms with E-state index >= 15 is 0 Å². The molecule has 0 amide bonds. The smallest absolute Gasteiger partial charge is 0.0972 e. The van der Waals surface area contributed by atoms with Gasteiger partial charge in [-0.25, -0.2) is 0 Å². The predicted octanol–water partition coefficient (Wildman–Crippen LogP) is 2.74. The van der Waals surface area contributed by atoms with Gasteiger partial charge in [0.05, 0.1) is 12.2 Å². The van der Waals surface area contributed by atoms with E-state index in [2.05, 4.69) is 15.9 Å². The van der Waals surface area contributed by atoms with E-state index < -0.39 is 7.14 Å². The van der Waals surface area contributed by atoms with Gasteiger partial charge in [0, 0.05) is 0 Å². The van der Waals surface area contributed by atoms with E-state index in [4.69, 9.17) is 0 Å². The molecule has 0 spiro atoms. The van der Waals surface area contributed by atoms with Gasteiger partial charge in [0.25, 0.3) is 0 Å². The first-order chi connectivity index (χ1) is 3.68. The standard InChI is InChI=1S/C5H12BrOP/c1-3-8(7,4-2)5-6/h3-5H2,1-2H3. The van der Waals surface area contributed by atoms with Crippen LogP contribution in [0.1, 0.15) is 13.8 Å². The molecule has 0 aromatic rings. The average molecular weight is 199 g/mol. The molecule has 0 aliphatic rings. The maximum absolute atomic E-state index is 11.3. The average Bonchev–Trinajstić information content (AvgIpc) is 1.87. The molecule has 8 heavy (non-hydrogen) atoms. The first-order valence-electron chi connectivity index (χ1n) is 2.81. The Morgan fingerprint density at radius 1 is 1.38 bits per heavy atom. The molecular formula is C5H12BrOP. The Balaban J connectivity index is 3.79. The van der Waals surface area contributed by atoms with Crippen LogP contribution in [0.25, 0.3) is 0 Å². The van der Waals surface area contributed by atoms with Gasteiger partial charge < -0.3 is 4.57 Å². The summed E-state index contributed by atoms with van der Waals surface area (Å²) in [6.45, 7) is 3.96. The van der Waals surface area contributed by atoms with Crippen molar-refractivity contribution in [2.75, 3.05) is 17.4 Å². The van der Waals surface area contributed by atoms with Crippen molar-refractivity contribution >= 4 is 23.1 Å². The molecular weight excluding hydrogens is 187 g/mol. The minimum Gasteiger partial charge on any atom is -0.323 e. The number of alkyl halides is 1. The number of halogens is 1. The summed E-state index contributed by atoms with van der Waals surface area (Å²) in [6.07, 6.45) is 1.66. The zero-order chi connectivity index (χ0) is 6.62. The SMILES string of the molecule is CCP(=O)(CC)CBr. The highest BCUT2D eigenvalue weighted by Gasteiger charge is 2.13.